The van der Waals surface area contributed by atoms with Gasteiger partial charge in [0.15, 0.2) is 5.78 Å². The van der Waals surface area contributed by atoms with Crippen molar-refractivity contribution in [1.29, 1.82) is 0 Å². The number of nitrogens with one attached hydrogen (secondary N) is 1. The third-order valence-corrected chi connectivity index (χ3v) is 3.85. The van der Waals surface area contributed by atoms with E-state index < -0.39 is 6.10 Å². The van der Waals surface area contributed by atoms with E-state index >= 15 is 0 Å². The molecule has 5 heteroatoms. The highest BCUT2D eigenvalue weighted by atomic mass is 16.3. The molecule has 1 aliphatic rings. The first-order valence-electron chi connectivity index (χ1n) is 7.60. The molecule has 0 fully saturated rings. The van der Waals surface area contributed by atoms with Gasteiger partial charge in [-0.05, 0) is 13.1 Å². The first kappa shape index (κ1) is 16.4. The Kier molecular flexibility index (Phi) is 5.46. The van der Waals surface area contributed by atoms with Gasteiger partial charge >= 0.3 is 0 Å². The van der Waals surface area contributed by atoms with Crippen LogP contribution in [0.5, 0.6) is 0 Å². The van der Waals surface area contributed by atoms with Crippen molar-refractivity contribution in [1.82, 2.24) is 10.2 Å². The smallest absolute Gasteiger partial charge is 0.209 e. The Balaban J connectivity index is 2.00. The van der Waals surface area contributed by atoms with Gasteiger partial charge < -0.3 is 15.3 Å². The molecule has 0 saturated heterocycles. The zero-order valence-corrected chi connectivity index (χ0v) is 13.0. The maximum atomic E-state index is 12.3. The van der Waals surface area contributed by atoms with E-state index in [4.69, 9.17) is 0 Å². The average molecular weight is 302 g/mol. The highest BCUT2D eigenvalue weighted by molar-refractivity contribution is 6.24. The predicted molar refractivity (Wildman–Crippen MR) is 85.0 cm³/mol. The molecule has 1 aromatic carbocycles. The second-order valence-corrected chi connectivity index (χ2v) is 5.32. The molecule has 22 heavy (non-hydrogen) atoms. The van der Waals surface area contributed by atoms with Crippen molar-refractivity contribution >= 4 is 11.6 Å². The molecule has 5 nitrogen and oxygen atoms in total. The Morgan fingerprint density at radius 1 is 1.14 bits per heavy atom. The van der Waals surface area contributed by atoms with E-state index in [1.54, 1.807) is 24.3 Å². The van der Waals surface area contributed by atoms with Crippen LogP contribution < -0.4 is 5.32 Å². The van der Waals surface area contributed by atoms with Gasteiger partial charge in [0.2, 0.25) is 5.78 Å². The van der Waals surface area contributed by atoms with Gasteiger partial charge in [0.05, 0.1) is 11.8 Å². The summed E-state index contributed by atoms with van der Waals surface area (Å²) < 4.78 is 0. The van der Waals surface area contributed by atoms with E-state index in [0.717, 1.165) is 13.1 Å². The molecule has 0 saturated carbocycles. The summed E-state index contributed by atoms with van der Waals surface area (Å²) in [5.74, 6) is -0.388. The normalized spacial score (nSPS) is 15.5. The number of nitrogens with zero attached hydrogens (tertiary/aromatic N) is 1. The minimum absolute atomic E-state index is 0.184. The Bertz CT molecular complexity index is 591. The topological polar surface area (TPSA) is 69.6 Å². The summed E-state index contributed by atoms with van der Waals surface area (Å²) >= 11 is 0. The third-order valence-electron chi connectivity index (χ3n) is 3.85. The van der Waals surface area contributed by atoms with Crippen molar-refractivity contribution < 1.29 is 14.7 Å². The van der Waals surface area contributed by atoms with Gasteiger partial charge in [0.1, 0.15) is 0 Å². The molecule has 0 radical (unpaired) electrons. The molecule has 0 amide bonds. The molecule has 1 aliphatic carbocycles. The number of allylic oxidation sites excluding steroid dienone is 2. The van der Waals surface area contributed by atoms with Crippen LogP contribution in [0.25, 0.3) is 0 Å². The van der Waals surface area contributed by atoms with Crippen LogP contribution in [0.4, 0.5) is 0 Å². The quantitative estimate of drug-likeness (QED) is 0.793. The third kappa shape index (κ3) is 3.61. The Labute approximate surface area is 130 Å². The highest BCUT2D eigenvalue weighted by Crippen LogP contribution is 2.19. The molecular weight excluding hydrogens is 280 g/mol. The summed E-state index contributed by atoms with van der Waals surface area (Å²) in [6.45, 7) is 6.57. The molecule has 2 rings (SSSR count). The van der Waals surface area contributed by atoms with E-state index in [2.05, 4.69) is 10.2 Å². The predicted octanol–water partition coefficient (Wildman–Crippen LogP) is 1.24. The Hall–Kier alpha value is -1.98. The lowest BCUT2D eigenvalue weighted by molar-refractivity contribution is 0.0964. The van der Waals surface area contributed by atoms with Crippen LogP contribution in [-0.4, -0.2) is 53.9 Å². The van der Waals surface area contributed by atoms with Crippen LogP contribution in [0.1, 0.15) is 34.6 Å². The van der Waals surface area contributed by atoms with Gasteiger partial charge in [-0.3, -0.25) is 9.59 Å². The fourth-order valence-electron chi connectivity index (χ4n) is 2.52. The van der Waals surface area contributed by atoms with Crippen molar-refractivity contribution in [2.75, 3.05) is 26.2 Å². The molecule has 0 aromatic heterocycles. The summed E-state index contributed by atoms with van der Waals surface area (Å²) in [5, 5.41) is 12.9. The van der Waals surface area contributed by atoms with Gasteiger partial charge in [-0.25, -0.2) is 0 Å². The number of benzene rings is 1. The number of carbonyl (C=O) groups excluding carboxylic acids is 2. The molecule has 0 unspecified atom stereocenters. The minimum atomic E-state index is -0.596. The van der Waals surface area contributed by atoms with Gasteiger partial charge in [-0.1, -0.05) is 38.1 Å². The van der Waals surface area contributed by atoms with E-state index in [9.17, 15) is 14.7 Å². The number of carbonyl (C=O) groups is 2. The molecule has 0 aliphatic heterocycles. The number of ketones is 2. The molecule has 0 bridgehead atoms. The van der Waals surface area contributed by atoms with Crippen LogP contribution in [-0.2, 0) is 0 Å². The number of hydrogen-bond acceptors (Lipinski definition) is 5. The fourth-order valence-corrected chi connectivity index (χ4v) is 2.52. The van der Waals surface area contributed by atoms with Crippen molar-refractivity contribution in [2.24, 2.45) is 0 Å². The molecule has 118 valence electrons. The largest absolute Gasteiger partial charge is 0.390 e. The number of rotatable bonds is 7. The number of Topliss-reactive ketones (excluding diaryl/α,β-unsaturated/α-hetero) is 1. The van der Waals surface area contributed by atoms with Gasteiger partial charge in [0, 0.05) is 30.3 Å². The molecular formula is C17H22N2O3. The number of fused-ring (bicyclic) bond motifs is 1. The lowest BCUT2D eigenvalue weighted by Crippen LogP contribution is -2.39. The SMILES string of the molecule is CCN(CC)C[C@H](O)CNC1=CC(=O)c2ccccc2C1=O. The zero-order valence-electron chi connectivity index (χ0n) is 13.0. The van der Waals surface area contributed by atoms with Crippen LogP contribution in [0.2, 0.25) is 0 Å². The summed E-state index contributed by atoms with van der Waals surface area (Å²) in [5.41, 5.74) is 1.10. The van der Waals surface area contributed by atoms with Gasteiger partial charge in [-0.2, -0.15) is 0 Å². The minimum Gasteiger partial charge on any atom is -0.390 e. The molecule has 0 heterocycles. The fraction of sp³-hybridized carbons (Fsp3) is 0.412. The van der Waals surface area contributed by atoms with Crippen LogP contribution in [0, 0.1) is 0 Å². The lowest BCUT2D eigenvalue weighted by atomic mass is 9.93. The Morgan fingerprint density at radius 2 is 1.77 bits per heavy atom. The number of hydrogen-bond donors (Lipinski definition) is 2. The number of aliphatic hydroxyl groups is 1. The monoisotopic (exact) mass is 302 g/mol. The summed E-state index contributed by atoms with van der Waals surface area (Å²) in [7, 11) is 0. The van der Waals surface area contributed by atoms with Crippen molar-refractivity contribution in [3.63, 3.8) is 0 Å². The van der Waals surface area contributed by atoms with E-state index in [1.807, 2.05) is 13.8 Å². The van der Waals surface area contributed by atoms with Gasteiger partial charge in [0.25, 0.3) is 0 Å². The van der Waals surface area contributed by atoms with E-state index in [-0.39, 0.29) is 23.8 Å². The first-order chi connectivity index (χ1) is 10.6. The van der Waals surface area contributed by atoms with Crippen LogP contribution >= 0.6 is 0 Å². The molecule has 2 N–H and O–H groups in total. The van der Waals surface area contributed by atoms with E-state index in [0.29, 0.717) is 17.7 Å². The number of likely N-dealkylation sites (N-methyl/N-ethyl adjacent to an activating group) is 1. The highest BCUT2D eigenvalue weighted by Gasteiger charge is 2.25. The Morgan fingerprint density at radius 3 is 2.41 bits per heavy atom. The summed E-state index contributed by atoms with van der Waals surface area (Å²) in [6.07, 6.45) is 0.718. The maximum absolute atomic E-state index is 12.3. The van der Waals surface area contributed by atoms with E-state index in [1.165, 1.54) is 6.08 Å². The second-order valence-electron chi connectivity index (χ2n) is 5.32. The van der Waals surface area contributed by atoms with Crippen LogP contribution in [0.15, 0.2) is 36.0 Å². The van der Waals surface area contributed by atoms with Crippen molar-refractivity contribution in [2.45, 2.75) is 20.0 Å². The number of aliphatic hydroxyl groups excluding tert-OH is 1. The first-order valence-corrected chi connectivity index (χ1v) is 7.60. The maximum Gasteiger partial charge on any atom is 0.209 e. The summed E-state index contributed by atoms with van der Waals surface area (Å²) in [4.78, 5) is 26.5. The standard InChI is InChI=1S/C17H22N2O3/c1-3-19(4-2)11-12(20)10-18-15-9-16(21)13-7-5-6-8-14(13)17(15)22/h5-9,12,18,20H,3-4,10-11H2,1-2H3/t12-/m1/s1. The lowest BCUT2D eigenvalue weighted by Gasteiger charge is -2.23. The van der Waals surface area contributed by atoms with Crippen molar-refractivity contribution in [3.8, 4) is 0 Å². The second kappa shape index (κ2) is 7.33. The average Bonchev–Trinajstić information content (AvgIpc) is 2.54. The molecule has 1 aromatic rings. The zero-order chi connectivity index (χ0) is 16.1. The molecule has 0 spiro atoms. The summed E-state index contributed by atoms with van der Waals surface area (Å²) in [6, 6.07) is 6.78. The van der Waals surface area contributed by atoms with Gasteiger partial charge in [-0.15, -0.1) is 0 Å². The van der Waals surface area contributed by atoms with Crippen LogP contribution in [0.3, 0.4) is 0 Å². The molecule has 1 atom stereocenters. The van der Waals surface area contributed by atoms with Crippen molar-refractivity contribution in [3.05, 3.63) is 47.2 Å².